The standard InChI is InChI=1S/C20H29N7O3/c1-20(2,3)30-19(28)22-16-12-8-11-15(21-16)13-29-24-17(14-9-6-5-7-10-14)18-23-25-26-27(18)4/h5-7,9-10,15-16,21H,8,11-13H2,1-4H3,(H,22,28)/b24-17-. The van der Waals surface area contributed by atoms with E-state index in [4.69, 9.17) is 9.57 Å². The zero-order valence-corrected chi connectivity index (χ0v) is 17.8. The first-order valence-electron chi connectivity index (χ1n) is 10.1. The molecule has 3 rings (SSSR count). The first-order chi connectivity index (χ1) is 14.3. The predicted molar refractivity (Wildman–Crippen MR) is 111 cm³/mol. The first-order valence-corrected chi connectivity index (χ1v) is 10.1. The lowest BCUT2D eigenvalue weighted by Crippen LogP contribution is -2.54. The van der Waals surface area contributed by atoms with Crippen LogP contribution in [0.25, 0.3) is 0 Å². The van der Waals surface area contributed by atoms with E-state index in [9.17, 15) is 4.79 Å². The van der Waals surface area contributed by atoms with E-state index in [-0.39, 0.29) is 12.2 Å². The Morgan fingerprint density at radius 2 is 2.07 bits per heavy atom. The van der Waals surface area contributed by atoms with E-state index in [1.165, 1.54) is 0 Å². The van der Waals surface area contributed by atoms with Crippen LogP contribution in [0, 0.1) is 0 Å². The number of tetrazole rings is 1. The minimum atomic E-state index is -0.529. The molecule has 1 fully saturated rings. The summed E-state index contributed by atoms with van der Waals surface area (Å²) in [6, 6.07) is 9.68. The maximum atomic E-state index is 12.0. The maximum absolute atomic E-state index is 12.0. The molecule has 1 aromatic carbocycles. The normalized spacial score (nSPS) is 19.9. The van der Waals surface area contributed by atoms with Gasteiger partial charge in [0.25, 0.3) is 0 Å². The molecule has 0 aliphatic carbocycles. The SMILES string of the molecule is Cn1nnnc1/C(=N\OCC1CCCC(NC(=O)OC(C)(C)C)N1)c1ccccc1. The van der Waals surface area contributed by atoms with Crippen molar-refractivity contribution in [2.24, 2.45) is 12.2 Å². The summed E-state index contributed by atoms with van der Waals surface area (Å²) >= 11 is 0. The first kappa shape index (κ1) is 21.7. The molecule has 1 amide bonds. The number of piperidine rings is 1. The Balaban J connectivity index is 1.60. The van der Waals surface area contributed by atoms with E-state index in [0.717, 1.165) is 24.8 Å². The number of carbonyl (C=O) groups is 1. The summed E-state index contributed by atoms with van der Waals surface area (Å²) in [5, 5.41) is 22.2. The highest BCUT2D eigenvalue weighted by atomic mass is 16.6. The second-order valence-electron chi connectivity index (χ2n) is 8.22. The number of hydrogen-bond acceptors (Lipinski definition) is 8. The summed E-state index contributed by atoms with van der Waals surface area (Å²) in [6.45, 7) is 5.87. The number of oxime groups is 1. The molecule has 10 nitrogen and oxygen atoms in total. The van der Waals surface area contributed by atoms with Gasteiger partial charge in [0.1, 0.15) is 12.2 Å². The highest BCUT2D eigenvalue weighted by Crippen LogP contribution is 2.14. The molecule has 162 valence electrons. The molecular weight excluding hydrogens is 386 g/mol. The second-order valence-corrected chi connectivity index (χ2v) is 8.22. The second kappa shape index (κ2) is 9.66. The van der Waals surface area contributed by atoms with Crippen molar-refractivity contribution in [1.82, 2.24) is 30.8 Å². The molecule has 2 heterocycles. The van der Waals surface area contributed by atoms with Crippen molar-refractivity contribution in [3.63, 3.8) is 0 Å². The molecule has 2 unspecified atom stereocenters. The van der Waals surface area contributed by atoms with Gasteiger partial charge in [-0.3, -0.25) is 5.32 Å². The number of rotatable bonds is 6. The fourth-order valence-corrected chi connectivity index (χ4v) is 3.16. The molecule has 10 heteroatoms. The number of nitrogens with zero attached hydrogens (tertiary/aromatic N) is 5. The van der Waals surface area contributed by atoms with Crippen LogP contribution in [-0.2, 0) is 16.6 Å². The Morgan fingerprint density at radius 3 is 2.73 bits per heavy atom. The highest BCUT2D eigenvalue weighted by Gasteiger charge is 2.25. The average Bonchev–Trinajstić information content (AvgIpc) is 3.10. The van der Waals surface area contributed by atoms with Crippen LogP contribution in [-0.4, -0.2) is 56.4 Å². The lowest BCUT2D eigenvalue weighted by molar-refractivity contribution is 0.0452. The zero-order chi connectivity index (χ0) is 21.6. The average molecular weight is 415 g/mol. The van der Waals surface area contributed by atoms with E-state index in [0.29, 0.717) is 18.1 Å². The van der Waals surface area contributed by atoms with Crippen LogP contribution >= 0.6 is 0 Å². The smallest absolute Gasteiger partial charge is 0.408 e. The number of alkyl carbamates (subject to hydrolysis) is 1. The van der Waals surface area contributed by atoms with Crippen LogP contribution in [0.15, 0.2) is 35.5 Å². The summed E-state index contributed by atoms with van der Waals surface area (Å²) in [5.41, 5.74) is 0.886. The summed E-state index contributed by atoms with van der Waals surface area (Å²) in [6.07, 6.45) is 2.13. The third-order valence-corrected chi connectivity index (χ3v) is 4.48. The van der Waals surface area contributed by atoms with E-state index < -0.39 is 11.7 Å². The van der Waals surface area contributed by atoms with Crippen molar-refractivity contribution in [2.45, 2.75) is 57.8 Å². The van der Waals surface area contributed by atoms with Crippen LogP contribution in [0.1, 0.15) is 51.4 Å². The molecule has 1 saturated heterocycles. The molecule has 0 bridgehead atoms. The quantitative estimate of drug-likeness (QED) is 0.547. The Hall–Kier alpha value is -3.01. The van der Waals surface area contributed by atoms with Crippen molar-refractivity contribution in [1.29, 1.82) is 0 Å². The number of aromatic nitrogens is 4. The van der Waals surface area contributed by atoms with Crippen LogP contribution < -0.4 is 10.6 Å². The number of carbonyl (C=O) groups excluding carboxylic acids is 1. The van der Waals surface area contributed by atoms with Crippen LogP contribution in [0.5, 0.6) is 0 Å². The van der Waals surface area contributed by atoms with Crippen molar-refractivity contribution < 1.29 is 14.4 Å². The van der Waals surface area contributed by atoms with Gasteiger partial charge in [0.05, 0.1) is 6.17 Å². The van der Waals surface area contributed by atoms with Crippen molar-refractivity contribution in [3.8, 4) is 0 Å². The molecule has 30 heavy (non-hydrogen) atoms. The molecule has 1 aliphatic heterocycles. The van der Waals surface area contributed by atoms with Gasteiger partial charge in [-0.25, -0.2) is 9.48 Å². The number of aryl methyl sites for hydroxylation is 1. The van der Waals surface area contributed by atoms with Crippen LogP contribution in [0.2, 0.25) is 0 Å². The van der Waals surface area contributed by atoms with Gasteiger partial charge < -0.3 is 14.9 Å². The van der Waals surface area contributed by atoms with Gasteiger partial charge in [-0.2, -0.15) is 0 Å². The number of nitrogens with one attached hydrogen (secondary N) is 2. The molecule has 1 aromatic heterocycles. The lowest BCUT2D eigenvalue weighted by Gasteiger charge is -2.31. The topological polar surface area (TPSA) is 116 Å². The molecule has 0 radical (unpaired) electrons. The molecule has 0 spiro atoms. The van der Waals surface area contributed by atoms with Crippen LogP contribution in [0.3, 0.4) is 0 Å². The van der Waals surface area contributed by atoms with Gasteiger partial charge in [-0.15, -0.1) is 5.10 Å². The molecule has 0 saturated carbocycles. The van der Waals surface area contributed by atoms with E-state index in [2.05, 4.69) is 31.3 Å². The molecule has 2 N–H and O–H groups in total. The fourth-order valence-electron chi connectivity index (χ4n) is 3.16. The van der Waals surface area contributed by atoms with E-state index >= 15 is 0 Å². The fraction of sp³-hybridized carbons (Fsp3) is 0.550. The van der Waals surface area contributed by atoms with Gasteiger partial charge in [-0.05, 0) is 50.5 Å². The van der Waals surface area contributed by atoms with E-state index in [1.807, 2.05) is 51.1 Å². The summed E-state index contributed by atoms with van der Waals surface area (Å²) in [7, 11) is 1.75. The third-order valence-electron chi connectivity index (χ3n) is 4.48. The number of ether oxygens (including phenoxy) is 1. The molecule has 1 aliphatic rings. The minimum Gasteiger partial charge on any atom is -0.444 e. The number of hydrogen-bond donors (Lipinski definition) is 2. The number of amides is 1. The summed E-state index contributed by atoms with van der Waals surface area (Å²) in [4.78, 5) is 17.7. The molecule has 2 atom stereocenters. The minimum absolute atomic E-state index is 0.0529. The van der Waals surface area contributed by atoms with Gasteiger partial charge in [0.2, 0.25) is 5.82 Å². The Bertz CT molecular complexity index is 861. The zero-order valence-electron chi connectivity index (χ0n) is 17.8. The van der Waals surface area contributed by atoms with Gasteiger partial charge in [0, 0.05) is 18.7 Å². The van der Waals surface area contributed by atoms with Crippen LogP contribution in [0.4, 0.5) is 4.79 Å². The van der Waals surface area contributed by atoms with Gasteiger partial charge in [-0.1, -0.05) is 35.5 Å². The maximum Gasteiger partial charge on any atom is 0.408 e. The largest absolute Gasteiger partial charge is 0.444 e. The third kappa shape index (κ3) is 6.24. The van der Waals surface area contributed by atoms with Crippen molar-refractivity contribution in [2.75, 3.05) is 6.61 Å². The Kier molecular flexibility index (Phi) is 6.99. The highest BCUT2D eigenvalue weighted by molar-refractivity contribution is 6.10. The summed E-state index contributed by atoms with van der Waals surface area (Å²) < 4.78 is 6.88. The Morgan fingerprint density at radius 1 is 1.30 bits per heavy atom. The molecule has 2 aromatic rings. The van der Waals surface area contributed by atoms with E-state index in [1.54, 1.807) is 11.7 Å². The summed E-state index contributed by atoms with van der Waals surface area (Å²) in [5.74, 6) is 0.516. The van der Waals surface area contributed by atoms with Gasteiger partial charge >= 0.3 is 6.09 Å². The lowest BCUT2D eigenvalue weighted by atomic mass is 10.0. The molecular formula is C20H29N7O3. The van der Waals surface area contributed by atoms with Gasteiger partial charge in [0.15, 0.2) is 5.71 Å². The Labute approximate surface area is 176 Å². The monoisotopic (exact) mass is 415 g/mol. The number of benzene rings is 1. The van der Waals surface area contributed by atoms with Crippen molar-refractivity contribution >= 4 is 11.8 Å². The van der Waals surface area contributed by atoms with Crippen molar-refractivity contribution in [3.05, 3.63) is 41.7 Å². The predicted octanol–water partition coefficient (Wildman–Crippen LogP) is 1.97.